The van der Waals surface area contributed by atoms with Crippen molar-refractivity contribution in [3.05, 3.63) is 18.2 Å². The van der Waals surface area contributed by atoms with Gasteiger partial charge in [-0.15, -0.1) is 0 Å². The third kappa shape index (κ3) is 5.23. The summed E-state index contributed by atoms with van der Waals surface area (Å²) >= 11 is 0. The summed E-state index contributed by atoms with van der Waals surface area (Å²) in [5, 5.41) is 2.39. The van der Waals surface area contributed by atoms with Crippen LogP contribution in [0.25, 0.3) is 0 Å². The third-order valence-corrected chi connectivity index (χ3v) is 7.16. The molecule has 2 N–H and O–H groups in total. The lowest BCUT2D eigenvalue weighted by atomic mass is 10.2. The molecule has 12 heteroatoms. The Morgan fingerprint density at radius 1 is 1.19 bits per heavy atom. The molecule has 0 unspecified atom stereocenters. The molecule has 0 bridgehead atoms. The number of ether oxygens (including phenoxy) is 3. The number of sulfone groups is 1. The molecule has 1 fully saturated rings. The molecule has 1 saturated heterocycles. The van der Waals surface area contributed by atoms with Crippen LogP contribution < -0.4 is 19.5 Å². The number of benzene rings is 1. The fraction of sp³-hybridized carbons (Fsp3) is 0.533. The summed E-state index contributed by atoms with van der Waals surface area (Å²) in [6.07, 6.45) is -0.814. The Morgan fingerprint density at radius 3 is 2.44 bits per heavy atom. The summed E-state index contributed by atoms with van der Waals surface area (Å²) in [4.78, 5) is 11.4. The predicted octanol–water partition coefficient (Wildman–Crippen LogP) is -0.106. The van der Waals surface area contributed by atoms with Gasteiger partial charge in [-0.3, -0.25) is 0 Å². The average Bonchev–Trinajstić information content (AvgIpc) is 2.86. The monoisotopic (exact) mass is 422 g/mol. The van der Waals surface area contributed by atoms with Crippen LogP contribution in [-0.4, -0.2) is 67.3 Å². The van der Waals surface area contributed by atoms with E-state index in [0.29, 0.717) is 5.75 Å². The van der Waals surface area contributed by atoms with E-state index < -0.39 is 49.5 Å². The average molecular weight is 422 g/mol. The zero-order chi connectivity index (χ0) is 20.2. The van der Waals surface area contributed by atoms with Gasteiger partial charge in [-0.1, -0.05) is 0 Å². The van der Waals surface area contributed by atoms with E-state index in [0.717, 1.165) is 0 Å². The number of hydrogen-bond acceptors (Lipinski definition) is 8. The highest BCUT2D eigenvalue weighted by Crippen LogP contribution is 2.29. The highest BCUT2D eigenvalue weighted by molar-refractivity contribution is 7.92. The molecule has 1 amide bonds. The molecule has 0 aromatic heterocycles. The zero-order valence-electron chi connectivity index (χ0n) is 15.1. The van der Waals surface area contributed by atoms with Crippen molar-refractivity contribution in [1.82, 2.24) is 10.0 Å². The smallest absolute Gasteiger partial charge is 0.407 e. The van der Waals surface area contributed by atoms with Crippen molar-refractivity contribution < 1.29 is 35.8 Å². The maximum absolute atomic E-state index is 12.8. The number of carbonyl (C=O) groups is 1. The number of sulfonamides is 1. The first kappa shape index (κ1) is 21.3. The van der Waals surface area contributed by atoms with Gasteiger partial charge in [0.1, 0.15) is 16.4 Å². The second-order valence-corrected chi connectivity index (χ2v) is 9.63. The van der Waals surface area contributed by atoms with E-state index >= 15 is 0 Å². The number of hydrogen-bond donors (Lipinski definition) is 2. The molecule has 1 aliphatic rings. The maximum Gasteiger partial charge on any atom is 0.407 e. The van der Waals surface area contributed by atoms with Crippen LogP contribution in [0.2, 0.25) is 0 Å². The molecule has 27 heavy (non-hydrogen) atoms. The van der Waals surface area contributed by atoms with Gasteiger partial charge in [0.2, 0.25) is 10.0 Å². The topological polar surface area (TPSA) is 137 Å². The van der Waals surface area contributed by atoms with E-state index in [-0.39, 0.29) is 17.3 Å². The first-order valence-corrected chi connectivity index (χ1v) is 11.3. The fourth-order valence-electron chi connectivity index (χ4n) is 2.69. The predicted molar refractivity (Wildman–Crippen MR) is 96.3 cm³/mol. The lowest BCUT2D eigenvalue weighted by Gasteiger charge is -2.21. The molecule has 0 radical (unpaired) electrons. The number of carbonyl (C=O) groups excluding carboxylic acids is 1. The molecular weight excluding hydrogens is 400 g/mol. The summed E-state index contributed by atoms with van der Waals surface area (Å²) < 4.78 is 66.6. The first-order valence-electron chi connectivity index (χ1n) is 8.00. The van der Waals surface area contributed by atoms with E-state index in [1.54, 1.807) is 6.92 Å². The van der Waals surface area contributed by atoms with Gasteiger partial charge in [-0.2, -0.15) is 0 Å². The lowest BCUT2D eigenvalue weighted by Crippen LogP contribution is -2.51. The molecular formula is C15H22N2O8S2. The fourth-order valence-corrected chi connectivity index (χ4v) is 6.08. The van der Waals surface area contributed by atoms with Crippen LogP contribution in [0.15, 0.2) is 23.1 Å². The van der Waals surface area contributed by atoms with Crippen LogP contribution in [0.5, 0.6) is 11.5 Å². The number of amides is 1. The second-order valence-electron chi connectivity index (χ2n) is 5.79. The molecule has 0 spiro atoms. The lowest BCUT2D eigenvalue weighted by molar-refractivity contribution is 0.148. The number of alkyl carbamates (subject to hydrolysis) is 1. The van der Waals surface area contributed by atoms with Crippen LogP contribution in [0.3, 0.4) is 0 Å². The summed E-state index contributed by atoms with van der Waals surface area (Å²) in [6, 6.07) is 2.13. The number of rotatable bonds is 7. The SMILES string of the molecule is CCOC(=O)N[C@H]1CS(=O)(=O)C[C@@H]1NS(=O)(=O)c1ccc(OC)cc1OC. The summed E-state index contributed by atoms with van der Waals surface area (Å²) in [6.45, 7) is 1.70. The summed E-state index contributed by atoms with van der Waals surface area (Å²) in [5.41, 5.74) is 0. The van der Waals surface area contributed by atoms with E-state index in [2.05, 4.69) is 10.0 Å². The molecule has 1 aliphatic heterocycles. The Bertz CT molecular complexity index is 898. The van der Waals surface area contributed by atoms with Crippen molar-refractivity contribution in [3.63, 3.8) is 0 Å². The van der Waals surface area contributed by atoms with Crippen LogP contribution in [0, 0.1) is 0 Å². The van der Waals surface area contributed by atoms with Gasteiger partial charge in [0.25, 0.3) is 0 Å². The van der Waals surface area contributed by atoms with Gasteiger partial charge < -0.3 is 19.5 Å². The van der Waals surface area contributed by atoms with Gasteiger partial charge >= 0.3 is 6.09 Å². The van der Waals surface area contributed by atoms with Gasteiger partial charge in [-0.05, 0) is 19.1 Å². The molecule has 0 saturated carbocycles. The van der Waals surface area contributed by atoms with Crippen molar-refractivity contribution >= 4 is 26.0 Å². The molecule has 1 aromatic rings. The van der Waals surface area contributed by atoms with Crippen LogP contribution >= 0.6 is 0 Å². The highest BCUT2D eigenvalue weighted by atomic mass is 32.2. The first-order chi connectivity index (χ1) is 12.6. The minimum absolute atomic E-state index is 0.0394. The van der Waals surface area contributed by atoms with E-state index in [1.807, 2.05) is 0 Å². The van der Waals surface area contributed by atoms with Crippen molar-refractivity contribution in [3.8, 4) is 11.5 Å². The van der Waals surface area contributed by atoms with Crippen molar-refractivity contribution in [1.29, 1.82) is 0 Å². The normalized spacial score (nSPS) is 21.4. The molecule has 0 aliphatic carbocycles. The Balaban J connectivity index is 2.28. The largest absolute Gasteiger partial charge is 0.497 e. The Kier molecular flexibility index (Phi) is 6.54. The van der Waals surface area contributed by atoms with E-state index in [9.17, 15) is 21.6 Å². The maximum atomic E-state index is 12.8. The second kappa shape index (κ2) is 8.31. The molecule has 10 nitrogen and oxygen atoms in total. The van der Waals surface area contributed by atoms with Crippen LogP contribution in [0.1, 0.15) is 6.92 Å². The molecule has 2 rings (SSSR count). The van der Waals surface area contributed by atoms with Crippen LogP contribution in [-0.2, 0) is 24.6 Å². The standard InChI is InChI=1S/C15H22N2O8S2/c1-4-25-15(18)16-11-8-26(19,20)9-12(11)17-27(21,22)14-6-5-10(23-2)7-13(14)24-3/h5-7,11-12,17H,4,8-9H2,1-3H3,(H,16,18)/t11-,12-/m0/s1. The zero-order valence-corrected chi connectivity index (χ0v) is 16.7. The Labute approximate surface area is 158 Å². The summed E-state index contributed by atoms with van der Waals surface area (Å²) in [7, 11) is -4.93. The van der Waals surface area contributed by atoms with Crippen LogP contribution in [0.4, 0.5) is 4.79 Å². The molecule has 152 valence electrons. The third-order valence-electron chi connectivity index (χ3n) is 3.90. The van der Waals surface area contributed by atoms with E-state index in [4.69, 9.17) is 14.2 Å². The Morgan fingerprint density at radius 2 is 1.85 bits per heavy atom. The minimum Gasteiger partial charge on any atom is -0.497 e. The van der Waals surface area contributed by atoms with Crippen molar-refractivity contribution in [2.45, 2.75) is 23.9 Å². The van der Waals surface area contributed by atoms with Crippen molar-refractivity contribution in [2.24, 2.45) is 0 Å². The quantitative estimate of drug-likeness (QED) is 0.621. The van der Waals surface area contributed by atoms with Gasteiger partial charge in [-0.25, -0.2) is 26.4 Å². The summed E-state index contributed by atoms with van der Waals surface area (Å²) in [5.74, 6) is -0.394. The van der Waals surface area contributed by atoms with Gasteiger partial charge in [0.05, 0.1) is 44.4 Å². The number of nitrogens with one attached hydrogen (secondary N) is 2. The molecule has 1 aromatic carbocycles. The van der Waals surface area contributed by atoms with Gasteiger partial charge in [0.15, 0.2) is 9.84 Å². The highest BCUT2D eigenvalue weighted by Gasteiger charge is 2.41. The number of methoxy groups -OCH3 is 2. The molecule has 1 heterocycles. The van der Waals surface area contributed by atoms with Gasteiger partial charge in [0, 0.05) is 6.07 Å². The molecule has 2 atom stereocenters. The Hall–Kier alpha value is -2.05. The minimum atomic E-state index is -4.13. The van der Waals surface area contributed by atoms with E-state index in [1.165, 1.54) is 32.4 Å². The van der Waals surface area contributed by atoms with Crippen molar-refractivity contribution in [2.75, 3.05) is 32.3 Å².